The summed E-state index contributed by atoms with van der Waals surface area (Å²) in [5.74, 6) is 5.67. The van der Waals surface area contributed by atoms with E-state index in [1.165, 1.54) is 18.5 Å². The van der Waals surface area contributed by atoms with Crippen LogP contribution in [0.5, 0.6) is 0 Å². The third kappa shape index (κ3) is 3.42. The van der Waals surface area contributed by atoms with E-state index in [0.29, 0.717) is 23.2 Å². The first kappa shape index (κ1) is 14.7. The van der Waals surface area contributed by atoms with Crippen molar-refractivity contribution >= 4 is 11.8 Å². The van der Waals surface area contributed by atoms with Crippen molar-refractivity contribution in [2.75, 3.05) is 4.90 Å². The van der Waals surface area contributed by atoms with Crippen LogP contribution < -0.4 is 10.6 Å². The molecule has 0 aliphatic carbocycles. The number of halogens is 1. The third-order valence-corrected chi connectivity index (χ3v) is 4.68. The van der Waals surface area contributed by atoms with Crippen molar-refractivity contribution in [3.63, 3.8) is 0 Å². The van der Waals surface area contributed by atoms with Gasteiger partial charge in [0, 0.05) is 52.4 Å². The first-order valence-corrected chi connectivity index (χ1v) is 8.92. The molecule has 1 aliphatic heterocycles. The van der Waals surface area contributed by atoms with Crippen LogP contribution in [0.1, 0.15) is 33.3 Å². The Labute approximate surface area is 168 Å². The van der Waals surface area contributed by atoms with Crippen molar-refractivity contribution in [3.8, 4) is 11.8 Å². The number of rotatable bonds is 2. The molecule has 0 radical (unpaired) electrons. The summed E-state index contributed by atoms with van der Waals surface area (Å²) in [7, 11) is 0. The highest BCUT2D eigenvalue weighted by atomic mass is 19.1. The fourth-order valence-corrected chi connectivity index (χ4v) is 3.31. The number of para-hydroxylation sites is 1. The van der Waals surface area contributed by atoms with Crippen LogP contribution in [0.25, 0.3) is 6.08 Å². The summed E-state index contributed by atoms with van der Waals surface area (Å²) < 4.78 is 37.8. The van der Waals surface area contributed by atoms with Gasteiger partial charge in [0.05, 0.1) is 11.8 Å². The summed E-state index contributed by atoms with van der Waals surface area (Å²) in [6.07, 6.45) is 4.56. The summed E-state index contributed by atoms with van der Waals surface area (Å²) in [6, 6.07) is 12.5. The Morgan fingerprint density at radius 2 is 2.04 bits per heavy atom. The molecule has 0 spiro atoms. The highest BCUT2D eigenvalue weighted by Crippen LogP contribution is 2.33. The van der Waals surface area contributed by atoms with Gasteiger partial charge in [0.2, 0.25) is 0 Å². The fraction of sp³-hybridized carbons (Fsp3) is 0.174. The Balaban J connectivity index is 1.77. The maximum absolute atomic E-state index is 14.7. The van der Waals surface area contributed by atoms with E-state index in [1.54, 1.807) is 12.1 Å². The second-order valence-corrected chi connectivity index (χ2v) is 6.69. The molecule has 1 aliphatic rings. The molecule has 1 aromatic heterocycles. The van der Waals surface area contributed by atoms with Crippen molar-refractivity contribution in [1.82, 2.24) is 9.78 Å². The zero-order valence-corrected chi connectivity index (χ0v) is 15.4. The monoisotopic (exact) mass is 375 g/mol. The van der Waals surface area contributed by atoms with Crippen LogP contribution in [0, 0.1) is 17.7 Å². The van der Waals surface area contributed by atoms with E-state index in [2.05, 4.69) is 21.8 Å². The molecule has 0 bridgehead atoms. The number of aromatic nitrogens is 2. The van der Waals surface area contributed by atoms with Gasteiger partial charge in [0.1, 0.15) is 5.82 Å². The van der Waals surface area contributed by atoms with Crippen LogP contribution in [0.4, 0.5) is 10.1 Å². The molecule has 0 fully saturated rings. The van der Waals surface area contributed by atoms with Crippen LogP contribution in [0.15, 0.2) is 60.6 Å². The van der Waals surface area contributed by atoms with Gasteiger partial charge in [-0.25, -0.2) is 4.39 Å². The molecule has 3 aromatic rings. The molecule has 2 aromatic carbocycles. The summed E-state index contributed by atoms with van der Waals surface area (Å²) in [5, 5.41) is 3.84. The molecule has 0 saturated carbocycles. The number of hydrogen-bond donors (Lipinski definition) is 1. The Hall–Kier alpha value is -3.36. The Morgan fingerprint density at radius 3 is 2.75 bits per heavy atom. The maximum Gasteiger partial charge on any atom is 0.130 e. The number of nitrogens with two attached hydrogens (primary N) is 1. The van der Waals surface area contributed by atoms with E-state index in [-0.39, 0.29) is 11.9 Å². The number of anilines is 1. The van der Waals surface area contributed by atoms with Gasteiger partial charge < -0.3 is 10.6 Å². The van der Waals surface area contributed by atoms with Gasteiger partial charge >= 0.3 is 0 Å². The minimum absolute atomic E-state index is 0.284. The van der Waals surface area contributed by atoms with Gasteiger partial charge in [0.25, 0.3) is 0 Å². The molecule has 28 heavy (non-hydrogen) atoms. The van der Waals surface area contributed by atoms with Crippen molar-refractivity contribution in [2.45, 2.75) is 19.5 Å². The van der Waals surface area contributed by atoms with Crippen LogP contribution >= 0.6 is 0 Å². The van der Waals surface area contributed by atoms with E-state index >= 15 is 0 Å². The number of aryl methyl sites for hydroxylation is 1. The van der Waals surface area contributed by atoms with E-state index in [0.717, 1.165) is 21.6 Å². The van der Waals surface area contributed by atoms with E-state index < -0.39 is 6.98 Å². The summed E-state index contributed by atoms with van der Waals surface area (Å²) >= 11 is 0. The average molecular weight is 375 g/mol. The van der Waals surface area contributed by atoms with Crippen molar-refractivity contribution < 1.29 is 8.50 Å². The van der Waals surface area contributed by atoms with E-state index in [4.69, 9.17) is 9.85 Å². The summed E-state index contributed by atoms with van der Waals surface area (Å²) in [5.41, 5.74) is 10.3. The van der Waals surface area contributed by atoms with Crippen LogP contribution in [-0.4, -0.2) is 15.8 Å². The predicted molar refractivity (Wildman–Crippen MR) is 110 cm³/mol. The van der Waals surface area contributed by atoms with Crippen molar-refractivity contribution in [2.24, 2.45) is 12.7 Å². The van der Waals surface area contributed by atoms with Gasteiger partial charge in [-0.15, -0.1) is 0 Å². The minimum atomic E-state index is -2.36. The quantitative estimate of drug-likeness (QED) is 0.695. The van der Waals surface area contributed by atoms with Gasteiger partial charge in [0.15, 0.2) is 0 Å². The van der Waals surface area contributed by atoms with E-state index in [9.17, 15) is 4.39 Å². The largest absolute Gasteiger partial charge is 0.339 e. The molecule has 1 atom stereocenters. The molecule has 4 nitrogen and oxygen atoms in total. The van der Waals surface area contributed by atoms with Crippen LogP contribution in [0.2, 0.25) is 0 Å². The van der Waals surface area contributed by atoms with Gasteiger partial charge in [-0.2, -0.15) is 5.10 Å². The molecule has 2 N–H and O–H groups in total. The second kappa shape index (κ2) is 7.34. The molecule has 4 rings (SSSR count). The summed E-state index contributed by atoms with van der Waals surface area (Å²) in [4.78, 5) is 2.06. The first-order valence-electron chi connectivity index (χ1n) is 10.4. The molecule has 2 heterocycles. The molecule has 0 amide bonds. The lowest BCUT2D eigenvalue weighted by atomic mass is 9.93. The smallest absolute Gasteiger partial charge is 0.130 e. The highest BCUT2D eigenvalue weighted by molar-refractivity contribution is 5.72. The molecule has 0 saturated heterocycles. The molecular weight excluding hydrogens is 351 g/mol. The SMILES string of the molecule is [2H]C([2H])([2H])n1cc(C#Cc2ccc(F)c3c2CN(c2ccccc2)C([C@H](C)N)=C3)cn1. The minimum Gasteiger partial charge on any atom is -0.339 e. The normalized spacial score (nSPS) is 16.0. The van der Waals surface area contributed by atoms with E-state index in [1.807, 2.05) is 37.3 Å². The van der Waals surface area contributed by atoms with Crippen molar-refractivity contribution in [1.29, 1.82) is 0 Å². The Bertz CT molecular complexity index is 1200. The zero-order chi connectivity index (χ0) is 22.2. The molecule has 0 unspecified atom stereocenters. The van der Waals surface area contributed by atoms with Gasteiger partial charge in [-0.05, 0) is 42.8 Å². The lowest BCUT2D eigenvalue weighted by Gasteiger charge is -2.34. The fourth-order valence-electron chi connectivity index (χ4n) is 3.31. The molecular formula is C23H21FN4. The van der Waals surface area contributed by atoms with Crippen LogP contribution in [-0.2, 0) is 13.5 Å². The third-order valence-electron chi connectivity index (χ3n) is 4.68. The molecule has 140 valence electrons. The summed E-state index contributed by atoms with van der Waals surface area (Å²) in [6.45, 7) is -0.0643. The predicted octanol–water partition coefficient (Wildman–Crippen LogP) is 3.67. The topological polar surface area (TPSA) is 47.1 Å². The average Bonchev–Trinajstić information content (AvgIpc) is 3.23. The second-order valence-electron chi connectivity index (χ2n) is 6.69. The first-order chi connectivity index (χ1) is 14.7. The highest BCUT2D eigenvalue weighted by Gasteiger charge is 2.25. The number of benzene rings is 2. The van der Waals surface area contributed by atoms with Crippen molar-refractivity contribution in [3.05, 3.63) is 88.6 Å². The Kier molecular flexibility index (Phi) is 3.84. The lowest BCUT2D eigenvalue weighted by molar-refractivity contribution is 0.618. The van der Waals surface area contributed by atoms with Gasteiger partial charge in [-0.3, -0.25) is 4.68 Å². The maximum atomic E-state index is 14.7. The number of nitrogens with zero attached hydrogens (tertiary/aromatic N) is 3. The zero-order valence-electron chi connectivity index (χ0n) is 18.4. The standard InChI is InChI=1S/C23H21FN4/c1-16(25)23-12-20-21(15-28(23)19-6-4-3-5-7-19)18(10-11-22(20)24)9-8-17-13-26-27(2)14-17/h3-7,10-14,16H,15,25H2,1-2H3/t16-/m0/s1/i2D3. The number of hydrogen-bond acceptors (Lipinski definition) is 3. The van der Waals surface area contributed by atoms with Gasteiger partial charge in [-0.1, -0.05) is 30.0 Å². The lowest BCUT2D eigenvalue weighted by Crippen LogP contribution is -2.35. The number of fused-ring (bicyclic) bond motifs is 1. The van der Waals surface area contributed by atoms with Crippen LogP contribution in [0.3, 0.4) is 0 Å². The Morgan fingerprint density at radius 1 is 1.21 bits per heavy atom. The molecule has 5 heteroatoms.